The highest BCUT2D eigenvalue weighted by Gasteiger charge is 2.18. The second kappa shape index (κ2) is 7.17. The number of morpholine rings is 1. The van der Waals surface area contributed by atoms with E-state index in [0.29, 0.717) is 25.7 Å². The van der Waals surface area contributed by atoms with Gasteiger partial charge in [0.25, 0.3) is 0 Å². The van der Waals surface area contributed by atoms with Crippen LogP contribution in [0.3, 0.4) is 0 Å². The summed E-state index contributed by atoms with van der Waals surface area (Å²) in [5, 5.41) is 8.67. The Kier molecular flexibility index (Phi) is 4.57. The van der Waals surface area contributed by atoms with Crippen LogP contribution in [0.1, 0.15) is 5.56 Å². The van der Waals surface area contributed by atoms with Gasteiger partial charge in [-0.3, -0.25) is 4.68 Å². The van der Waals surface area contributed by atoms with Gasteiger partial charge in [-0.25, -0.2) is 0 Å². The Bertz CT molecular complexity index is 904. The van der Waals surface area contributed by atoms with E-state index in [-0.39, 0.29) is 0 Å². The minimum absolute atomic E-state index is 0.605. The third-order valence-electron chi connectivity index (χ3n) is 4.51. The number of nitrogens with one attached hydrogen (secondary N) is 1. The van der Waals surface area contributed by atoms with Gasteiger partial charge in [0.2, 0.25) is 5.95 Å². The zero-order chi connectivity index (χ0) is 17.9. The van der Waals surface area contributed by atoms with Crippen molar-refractivity contribution in [3.8, 4) is 5.75 Å². The first-order valence-corrected chi connectivity index (χ1v) is 8.64. The first-order chi connectivity index (χ1) is 12.8. The maximum absolute atomic E-state index is 5.43. The molecule has 0 bridgehead atoms. The smallest absolute Gasteiger partial charge is 0.229 e. The van der Waals surface area contributed by atoms with Crippen molar-refractivity contribution >= 4 is 22.8 Å². The number of hydrogen-bond acceptors (Lipinski definition) is 7. The fourth-order valence-electron chi connectivity index (χ4n) is 3.08. The van der Waals surface area contributed by atoms with Gasteiger partial charge in [0, 0.05) is 32.2 Å². The number of para-hydroxylation sites is 1. The zero-order valence-corrected chi connectivity index (χ0v) is 15.0. The third-order valence-corrected chi connectivity index (χ3v) is 4.51. The van der Waals surface area contributed by atoms with Crippen molar-refractivity contribution in [1.29, 1.82) is 0 Å². The molecule has 3 aromatic rings. The first kappa shape index (κ1) is 16.6. The topological polar surface area (TPSA) is 77.3 Å². The lowest BCUT2D eigenvalue weighted by Gasteiger charge is -2.27. The summed E-state index contributed by atoms with van der Waals surface area (Å²) in [4.78, 5) is 11.6. The quantitative estimate of drug-likeness (QED) is 0.749. The monoisotopic (exact) mass is 354 g/mol. The van der Waals surface area contributed by atoms with Crippen molar-refractivity contribution in [2.45, 2.75) is 6.54 Å². The lowest BCUT2D eigenvalue weighted by atomic mass is 10.2. The van der Waals surface area contributed by atoms with Crippen molar-refractivity contribution in [1.82, 2.24) is 19.7 Å². The summed E-state index contributed by atoms with van der Waals surface area (Å²) in [6.45, 7) is 3.56. The predicted molar refractivity (Wildman–Crippen MR) is 99.7 cm³/mol. The number of methoxy groups -OCH3 is 1. The summed E-state index contributed by atoms with van der Waals surface area (Å²) in [5.41, 5.74) is 1.88. The van der Waals surface area contributed by atoms with E-state index in [1.807, 2.05) is 31.3 Å². The highest BCUT2D eigenvalue weighted by Crippen LogP contribution is 2.25. The minimum atomic E-state index is 0.605. The number of aryl methyl sites for hydroxylation is 1. The molecular weight excluding hydrogens is 332 g/mol. The van der Waals surface area contributed by atoms with Crippen molar-refractivity contribution in [2.24, 2.45) is 7.05 Å². The number of rotatable bonds is 5. The van der Waals surface area contributed by atoms with E-state index in [2.05, 4.69) is 15.3 Å². The number of fused-ring (bicyclic) bond motifs is 1. The molecule has 0 spiro atoms. The van der Waals surface area contributed by atoms with Crippen molar-refractivity contribution in [2.75, 3.05) is 43.6 Å². The molecule has 1 N–H and O–H groups in total. The zero-order valence-electron chi connectivity index (χ0n) is 15.0. The molecule has 0 unspecified atom stereocenters. The van der Waals surface area contributed by atoms with Gasteiger partial charge in [0.15, 0.2) is 5.65 Å². The average molecular weight is 354 g/mol. The molecule has 8 nitrogen and oxygen atoms in total. The molecule has 1 aromatic carbocycles. The standard InChI is InChI=1S/C18H22N6O2/c1-23-17-14(12-20-23)16(19-11-13-5-3-4-6-15(13)25-2)21-18(22-17)24-7-9-26-10-8-24/h3-6,12H,7-11H2,1-2H3,(H,19,21,22). The van der Waals surface area contributed by atoms with E-state index in [0.717, 1.165) is 41.3 Å². The summed E-state index contributed by atoms with van der Waals surface area (Å²) in [7, 11) is 3.57. The fraction of sp³-hybridized carbons (Fsp3) is 0.389. The van der Waals surface area contributed by atoms with E-state index in [4.69, 9.17) is 19.4 Å². The molecule has 0 radical (unpaired) electrons. The molecule has 4 rings (SSSR count). The van der Waals surface area contributed by atoms with Gasteiger partial charge >= 0.3 is 0 Å². The summed E-state index contributed by atoms with van der Waals surface area (Å²) in [6, 6.07) is 7.95. The molecule has 136 valence electrons. The maximum atomic E-state index is 5.43. The van der Waals surface area contributed by atoms with E-state index >= 15 is 0 Å². The normalized spacial score (nSPS) is 14.6. The van der Waals surface area contributed by atoms with Gasteiger partial charge in [-0.15, -0.1) is 0 Å². The van der Waals surface area contributed by atoms with E-state index < -0.39 is 0 Å². The van der Waals surface area contributed by atoms with Crippen LogP contribution < -0.4 is 15.0 Å². The Hall–Kier alpha value is -2.87. The molecule has 2 aromatic heterocycles. The Balaban J connectivity index is 1.66. The molecule has 0 amide bonds. The SMILES string of the molecule is COc1ccccc1CNc1nc(N2CCOCC2)nc2c1cnn2C. The largest absolute Gasteiger partial charge is 0.496 e. The van der Waals surface area contributed by atoms with Gasteiger partial charge in [0.1, 0.15) is 11.6 Å². The molecule has 0 aliphatic carbocycles. The molecule has 26 heavy (non-hydrogen) atoms. The van der Waals surface area contributed by atoms with Crippen LogP contribution in [0.2, 0.25) is 0 Å². The Morgan fingerprint density at radius 1 is 1.19 bits per heavy atom. The van der Waals surface area contributed by atoms with Crippen LogP contribution in [0.5, 0.6) is 5.75 Å². The van der Waals surface area contributed by atoms with Crippen LogP contribution in [0.4, 0.5) is 11.8 Å². The molecule has 0 atom stereocenters. The van der Waals surface area contributed by atoms with Crippen molar-refractivity contribution in [3.63, 3.8) is 0 Å². The number of nitrogens with zero attached hydrogens (tertiary/aromatic N) is 5. The highest BCUT2D eigenvalue weighted by molar-refractivity contribution is 5.87. The second-order valence-electron chi connectivity index (χ2n) is 6.14. The Morgan fingerprint density at radius 2 is 2.00 bits per heavy atom. The molecule has 1 aliphatic rings. The van der Waals surface area contributed by atoms with Gasteiger partial charge in [-0.2, -0.15) is 15.1 Å². The molecule has 1 saturated heterocycles. The average Bonchev–Trinajstić information content (AvgIpc) is 3.08. The predicted octanol–water partition coefficient (Wildman–Crippen LogP) is 1.82. The summed E-state index contributed by atoms with van der Waals surface area (Å²) in [6.07, 6.45) is 1.79. The number of hydrogen-bond donors (Lipinski definition) is 1. The molecule has 0 saturated carbocycles. The molecule has 8 heteroatoms. The summed E-state index contributed by atoms with van der Waals surface area (Å²) in [5.74, 6) is 2.33. The van der Waals surface area contributed by atoms with Gasteiger partial charge in [-0.05, 0) is 6.07 Å². The number of benzene rings is 1. The lowest BCUT2D eigenvalue weighted by molar-refractivity contribution is 0.122. The molecule has 1 aliphatic heterocycles. The van der Waals surface area contributed by atoms with Crippen molar-refractivity contribution < 1.29 is 9.47 Å². The van der Waals surface area contributed by atoms with Gasteiger partial charge in [0.05, 0.1) is 31.9 Å². The fourth-order valence-corrected chi connectivity index (χ4v) is 3.08. The van der Waals surface area contributed by atoms with E-state index in [1.165, 1.54) is 0 Å². The van der Waals surface area contributed by atoms with Crippen LogP contribution >= 0.6 is 0 Å². The second-order valence-corrected chi connectivity index (χ2v) is 6.14. The summed E-state index contributed by atoms with van der Waals surface area (Å²) < 4.78 is 12.6. The molecule has 1 fully saturated rings. The van der Waals surface area contributed by atoms with Crippen molar-refractivity contribution in [3.05, 3.63) is 36.0 Å². The van der Waals surface area contributed by atoms with Crippen LogP contribution in [-0.2, 0) is 18.3 Å². The number of ether oxygens (including phenoxy) is 2. The van der Waals surface area contributed by atoms with E-state index in [9.17, 15) is 0 Å². The van der Waals surface area contributed by atoms with E-state index in [1.54, 1.807) is 18.0 Å². The van der Waals surface area contributed by atoms with Gasteiger partial charge in [-0.1, -0.05) is 18.2 Å². The minimum Gasteiger partial charge on any atom is -0.496 e. The lowest BCUT2D eigenvalue weighted by Crippen LogP contribution is -2.37. The summed E-state index contributed by atoms with van der Waals surface area (Å²) >= 11 is 0. The van der Waals surface area contributed by atoms with Crippen LogP contribution in [0, 0.1) is 0 Å². The number of aromatic nitrogens is 4. The highest BCUT2D eigenvalue weighted by atomic mass is 16.5. The number of anilines is 2. The van der Waals surface area contributed by atoms with Gasteiger partial charge < -0.3 is 19.7 Å². The van der Waals surface area contributed by atoms with Crippen LogP contribution in [0.15, 0.2) is 30.5 Å². The maximum Gasteiger partial charge on any atom is 0.229 e. The van der Waals surface area contributed by atoms with Crippen LogP contribution in [-0.4, -0.2) is 53.2 Å². The Morgan fingerprint density at radius 3 is 2.81 bits per heavy atom. The Labute approximate surface area is 151 Å². The molecule has 3 heterocycles. The van der Waals surface area contributed by atoms with Crippen LogP contribution in [0.25, 0.3) is 11.0 Å². The molecular formula is C18H22N6O2. The third kappa shape index (κ3) is 3.15. The first-order valence-electron chi connectivity index (χ1n) is 8.64.